The van der Waals surface area contributed by atoms with E-state index in [-0.39, 0.29) is 4.90 Å². The molecule has 0 saturated carbocycles. The number of hydrogen-bond acceptors (Lipinski definition) is 5. The molecule has 0 aliphatic rings. The Balaban J connectivity index is 1.92. The lowest BCUT2D eigenvalue weighted by Gasteiger charge is -2.08. The lowest BCUT2D eigenvalue weighted by atomic mass is 10.1. The van der Waals surface area contributed by atoms with Crippen LogP contribution in [0.25, 0.3) is 22.2 Å². The summed E-state index contributed by atoms with van der Waals surface area (Å²) >= 11 is 5.86. The van der Waals surface area contributed by atoms with E-state index in [1.807, 2.05) is 13.8 Å². The smallest absolute Gasteiger partial charge is 0.268 e. The molecule has 132 valence electrons. The summed E-state index contributed by atoms with van der Waals surface area (Å²) in [6.07, 6.45) is 3.19. The van der Waals surface area contributed by atoms with Crippen LogP contribution in [0.3, 0.4) is 0 Å². The second kappa shape index (κ2) is 5.96. The zero-order valence-corrected chi connectivity index (χ0v) is 15.5. The molecule has 0 N–H and O–H groups in total. The summed E-state index contributed by atoms with van der Waals surface area (Å²) in [5, 5.41) is 4.42. The fourth-order valence-electron chi connectivity index (χ4n) is 2.95. The van der Waals surface area contributed by atoms with Gasteiger partial charge < -0.3 is 4.52 Å². The number of nitrogens with zero attached hydrogens (tertiary/aromatic N) is 3. The van der Waals surface area contributed by atoms with Gasteiger partial charge in [0.15, 0.2) is 0 Å². The maximum absolute atomic E-state index is 13.0. The van der Waals surface area contributed by atoms with Crippen molar-refractivity contribution in [2.45, 2.75) is 18.7 Å². The van der Waals surface area contributed by atoms with Gasteiger partial charge in [-0.3, -0.25) is 4.98 Å². The number of aromatic nitrogens is 3. The first-order valence-electron chi connectivity index (χ1n) is 7.79. The number of benzene rings is 1. The summed E-state index contributed by atoms with van der Waals surface area (Å²) in [7, 11) is -3.77. The molecule has 0 saturated heterocycles. The maximum Gasteiger partial charge on any atom is 0.268 e. The Hall–Kier alpha value is -2.64. The van der Waals surface area contributed by atoms with Crippen molar-refractivity contribution >= 4 is 32.7 Å². The van der Waals surface area contributed by atoms with Gasteiger partial charge in [0.1, 0.15) is 5.76 Å². The molecule has 3 aromatic heterocycles. The quantitative estimate of drug-likeness (QED) is 0.526. The molecule has 0 bridgehead atoms. The van der Waals surface area contributed by atoms with E-state index < -0.39 is 10.0 Å². The maximum atomic E-state index is 13.0. The zero-order chi connectivity index (χ0) is 18.5. The molecule has 4 rings (SSSR count). The molecular formula is C18H14ClN3O3S. The van der Waals surface area contributed by atoms with Gasteiger partial charge in [-0.05, 0) is 50.2 Å². The minimum absolute atomic E-state index is 0.155. The van der Waals surface area contributed by atoms with Crippen molar-refractivity contribution in [3.05, 3.63) is 65.3 Å². The van der Waals surface area contributed by atoms with Crippen LogP contribution in [0.15, 0.2) is 58.2 Å². The average molecular weight is 388 g/mol. The third-order valence-electron chi connectivity index (χ3n) is 4.20. The molecular weight excluding hydrogens is 374 g/mol. The van der Waals surface area contributed by atoms with Crippen molar-refractivity contribution in [3.8, 4) is 11.1 Å². The van der Waals surface area contributed by atoms with Gasteiger partial charge in [-0.1, -0.05) is 16.8 Å². The predicted molar refractivity (Wildman–Crippen MR) is 98.7 cm³/mol. The minimum Gasteiger partial charge on any atom is -0.361 e. The first kappa shape index (κ1) is 16.8. The van der Waals surface area contributed by atoms with E-state index >= 15 is 0 Å². The summed E-state index contributed by atoms with van der Waals surface area (Å²) in [6.45, 7) is 3.64. The van der Waals surface area contributed by atoms with E-state index in [9.17, 15) is 8.42 Å². The molecule has 0 unspecified atom stereocenters. The lowest BCUT2D eigenvalue weighted by molar-refractivity contribution is 0.393. The van der Waals surface area contributed by atoms with Crippen LogP contribution in [0.1, 0.15) is 11.5 Å². The van der Waals surface area contributed by atoms with Crippen LogP contribution in [0.5, 0.6) is 0 Å². The SMILES string of the molecule is Cc1noc(C)c1-c1cnc2ccn(S(=O)(=O)c3ccc(Cl)cc3)c2c1. The van der Waals surface area contributed by atoms with Crippen LogP contribution < -0.4 is 0 Å². The van der Waals surface area contributed by atoms with E-state index in [1.54, 1.807) is 30.5 Å². The Labute approximate surface area is 155 Å². The molecule has 8 heteroatoms. The molecule has 0 spiro atoms. The van der Waals surface area contributed by atoms with Crippen molar-refractivity contribution in [1.29, 1.82) is 0 Å². The van der Waals surface area contributed by atoms with E-state index in [1.165, 1.54) is 22.3 Å². The Morgan fingerprint density at radius 2 is 1.85 bits per heavy atom. The normalized spacial score (nSPS) is 12.0. The Kier molecular flexibility index (Phi) is 3.86. The van der Waals surface area contributed by atoms with E-state index in [0.717, 1.165) is 16.8 Å². The second-order valence-corrected chi connectivity index (χ2v) is 8.15. The molecule has 26 heavy (non-hydrogen) atoms. The molecule has 0 atom stereocenters. The van der Waals surface area contributed by atoms with Gasteiger partial charge in [0.05, 0.1) is 21.6 Å². The molecule has 0 aliphatic carbocycles. The second-order valence-electron chi connectivity index (χ2n) is 5.90. The Bertz CT molecular complexity index is 1210. The Morgan fingerprint density at radius 3 is 2.50 bits per heavy atom. The number of halogens is 1. The van der Waals surface area contributed by atoms with Crippen molar-refractivity contribution in [2.75, 3.05) is 0 Å². The third kappa shape index (κ3) is 2.60. The van der Waals surface area contributed by atoms with Gasteiger partial charge in [-0.25, -0.2) is 12.4 Å². The molecule has 6 nitrogen and oxygen atoms in total. The predicted octanol–water partition coefficient (Wildman–Crippen LogP) is 4.20. The highest BCUT2D eigenvalue weighted by molar-refractivity contribution is 7.90. The van der Waals surface area contributed by atoms with Crippen molar-refractivity contribution in [2.24, 2.45) is 0 Å². The summed E-state index contributed by atoms with van der Waals surface area (Å²) in [6, 6.07) is 9.51. The molecule has 3 heterocycles. The number of aryl methyl sites for hydroxylation is 2. The lowest BCUT2D eigenvalue weighted by Crippen LogP contribution is -2.11. The van der Waals surface area contributed by atoms with Gasteiger partial charge in [0, 0.05) is 28.5 Å². The zero-order valence-electron chi connectivity index (χ0n) is 14.0. The van der Waals surface area contributed by atoms with E-state index in [2.05, 4.69) is 10.1 Å². The van der Waals surface area contributed by atoms with E-state index in [4.69, 9.17) is 16.1 Å². The summed E-state index contributed by atoms with van der Waals surface area (Å²) in [5.41, 5.74) is 3.36. The summed E-state index contributed by atoms with van der Waals surface area (Å²) in [5.74, 6) is 0.655. The average Bonchev–Trinajstić information content (AvgIpc) is 3.18. The summed E-state index contributed by atoms with van der Waals surface area (Å²) < 4.78 is 32.5. The minimum atomic E-state index is -3.77. The number of hydrogen-bond donors (Lipinski definition) is 0. The third-order valence-corrected chi connectivity index (χ3v) is 6.15. The van der Waals surface area contributed by atoms with Gasteiger partial charge in [0.2, 0.25) is 0 Å². The van der Waals surface area contributed by atoms with Gasteiger partial charge in [-0.2, -0.15) is 0 Å². The molecule has 0 fully saturated rings. The highest BCUT2D eigenvalue weighted by Crippen LogP contribution is 2.30. The molecule has 0 amide bonds. The molecule has 0 radical (unpaired) electrons. The van der Waals surface area contributed by atoms with Crippen molar-refractivity contribution < 1.29 is 12.9 Å². The number of fused-ring (bicyclic) bond motifs is 1. The van der Waals surface area contributed by atoms with Crippen LogP contribution >= 0.6 is 11.6 Å². The van der Waals surface area contributed by atoms with Crippen LogP contribution in [-0.4, -0.2) is 22.5 Å². The van der Waals surface area contributed by atoms with E-state index in [0.29, 0.717) is 21.8 Å². The Morgan fingerprint density at radius 1 is 1.12 bits per heavy atom. The molecule has 0 aliphatic heterocycles. The standard InChI is InChI=1S/C18H14ClN3O3S/c1-11-18(12(2)25-21-11)13-9-17-16(20-10-13)7-8-22(17)26(23,24)15-5-3-14(19)4-6-15/h3-10H,1-2H3. The van der Waals surface area contributed by atoms with Gasteiger partial charge in [0.25, 0.3) is 10.0 Å². The van der Waals surface area contributed by atoms with Gasteiger partial charge in [-0.15, -0.1) is 0 Å². The topological polar surface area (TPSA) is 78.0 Å². The number of pyridine rings is 1. The van der Waals surface area contributed by atoms with Crippen LogP contribution in [0.4, 0.5) is 0 Å². The van der Waals surface area contributed by atoms with Crippen molar-refractivity contribution in [3.63, 3.8) is 0 Å². The summed E-state index contributed by atoms with van der Waals surface area (Å²) in [4.78, 5) is 4.54. The van der Waals surface area contributed by atoms with Crippen molar-refractivity contribution in [1.82, 2.24) is 14.1 Å². The molecule has 1 aromatic carbocycles. The van der Waals surface area contributed by atoms with Gasteiger partial charge >= 0.3 is 0 Å². The fraction of sp³-hybridized carbons (Fsp3) is 0.111. The number of rotatable bonds is 3. The largest absolute Gasteiger partial charge is 0.361 e. The molecule has 4 aromatic rings. The highest BCUT2D eigenvalue weighted by Gasteiger charge is 2.20. The first-order valence-corrected chi connectivity index (χ1v) is 9.61. The monoisotopic (exact) mass is 387 g/mol. The fourth-order valence-corrected chi connectivity index (χ4v) is 4.41. The first-order chi connectivity index (χ1) is 12.4. The van der Waals surface area contributed by atoms with Crippen LogP contribution in [-0.2, 0) is 10.0 Å². The van der Waals surface area contributed by atoms with Crippen LogP contribution in [0.2, 0.25) is 5.02 Å². The highest BCUT2D eigenvalue weighted by atomic mass is 35.5. The van der Waals surface area contributed by atoms with Crippen LogP contribution in [0, 0.1) is 13.8 Å².